The van der Waals surface area contributed by atoms with E-state index >= 15 is 0 Å². The third-order valence-corrected chi connectivity index (χ3v) is 4.06. The summed E-state index contributed by atoms with van der Waals surface area (Å²) in [5, 5.41) is 19.3. The number of aromatic hydroxyl groups is 1. The van der Waals surface area contributed by atoms with Crippen LogP contribution in [0.1, 0.15) is 24.8 Å². The van der Waals surface area contributed by atoms with Gasteiger partial charge >= 0.3 is 5.97 Å². The van der Waals surface area contributed by atoms with E-state index in [2.05, 4.69) is 15.9 Å². The molecule has 0 amide bonds. The minimum absolute atomic E-state index is 0.0830. The van der Waals surface area contributed by atoms with Crippen LogP contribution in [0.25, 0.3) is 0 Å². The molecule has 1 aliphatic carbocycles. The van der Waals surface area contributed by atoms with Gasteiger partial charge in [-0.3, -0.25) is 4.79 Å². The number of ether oxygens (including phenoxy) is 1. The van der Waals surface area contributed by atoms with Crippen molar-refractivity contribution in [1.29, 1.82) is 0 Å². The van der Waals surface area contributed by atoms with E-state index in [4.69, 9.17) is 4.74 Å². The minimum atomic E-state index is -1.13. The van der Waals surface area contributed by atoms with Crippen LogP contribution in [0.15, 0.2) is 10.5 Å². The number of carboxylic acids is 1. The molecule has 4 nitrogen and oxygen atoms in total. The van der Waals surface area contributed by atoms with E-state index in [-0.39, 0.29) is 15.8 Å². The highest BCUT2D eigenvalue weighted by molar-refractivity contribution is 9.10. The molecule has 1 aromatic rings. The average molecular weight is 319 g/mol. The van der Waals surface area contributed by atoms with Gasteiger partial charge in [-0.1, -0.05) is 6.42 Å². The van der Waals surface area contributed by atoms with E-state index in [9.17, 15) is 19.4 Å². The number of aliphatic carboxylic acids is 1. The largest absolute Gasteiger partial charge is 0.504 e. The molecule has 0 aromatic heterocycles. The van der Waals surface area contributed by atoms with Gasteiger partial charge in [0.05, 0.1) is 17.0 Å². The number of phenolic OH excluding ortho intramolecular Hbond substituents is 1. The molecule has 0 atom stereocenters. The van der Waals surface area contributed by atoms with E-state index in [0.717, 1.165) is 6.42 Å². The first-order chi connectivity index (χ1) is 8.44. The van der Waals surface area contributed by atoms with Crippen LogP contribution in [-0.2, 0) is 10.2 Å². The molecule has 0 bridgehead atoms. The maximum atomic E-state index is 13.7. The van der Waals surface area contributed by atoms with Crippen LogP contribution in [0, 0.1) is 5.82 Å². The molecule has 6 heteroatoms. The second-order valence-corrected chi connectivity index (χ2v) is 5.20. The molecule has 1 aliphatic rings. The lowest BCUT2D eigenvalue weighted by molar-refractivity contribution is -0.147. The highest BCUT2D eigenvalue weighted by Gasteiger charge is 2.48. The zero-order chi connectivity index (χ0) is 13.5. The maximum absolute atomic E-state index is 13.7. The number of hydrogen-bond donors (Lipinski definition) is 2. The average Bonchev–Trinajstić information content (AvgIpc) is 2.24. The monoisotopic (exact) mass is 318 g/mol. The Labute approximate surface area is 112 Å². The predicted octanol–water partition coefficient (Wildman–Crippen LogP) is 2.81. The number of carboxylic acid groups (broad SMARTS) is 1. The van der Waals surface area contributed by atoms with Gasteiger partial charge in [-0.15, -0.1) is 0 Å². The first-order valence-electron chi connectivity index (χ1n) is 5.43. The molecular formula is C12H12BrFO4. The molecule has 1 aromatic carbocycles. The fraction of sp³-hybridized carbons (Fsp3) is 0.417. The van der Waals surface area contributed by atoms with Crippen LogP contribution in [0.3, 0.4) is 0 Å². The number of rotatable bonds is 3. The van der Waals surface area contributed by atoms with Crippen molar-refractivity contribution in [3.8, 4) is 11.5 Å². The van der Waals surface area contributed by atoms with Gasteiger partial charge in [-0.05, 0) is 34.8 Å². The van der Waals surface area contributed by atoms with Gasteiger partial charge in [-0.25, -0.2) is 4.39 Å². The van der Waals surface area contributed by atoms with Crippen LogP contribution in [0.2, 0.25) is 0 Å². The summed E-state index contributed by atoms with van der Waals surface area (Å²) in [4.78, 5) is 11.4. The summed E-state index contributed by atoms with van der Waals surface area (Å²) in [7, 11) is 1.22. The minimum Gasteiger partial charge on any atom is -0.504 e. The topological polar surface area (TPSA) is 66.8 Å². The number of hydrogen-bond acceptors (Lipinski definition) is 3. The van der Waals surface area contributed by atoms with Crippen LogP contribution in [-0.4, -0.2) is 23.3 Å². The predicted molar refractivity (Wildman–Crippen MR) is 65.5 cm³/mol. The van der Waals surface area contributed by atoms with Crippen molar-refractivity contribution in [2.24, 2.45) is 0 Å². The lowest BCUT2D eigenvalue weighted by Crippen LogP contribution is -2.42. The summed E-state index contributed by atoms with van der Waals surface area (Å²) < 4.78 is 18.6. The molecule has 0 radical (unpaired) electrons. The number of methoxy groups -OCH3 is 1. The molecule has 0 unspecified atom stereocenters. The highest BCUT2D eigenvalue weighted by Crippen LogP contribution is 2.51. The Hall–Kier alpha value is -1.30. The second-order valence-electron chi connectivity index (χ2n) is 4.34. The summed E-state index contributed by atoms with van der Waals surface area (Å²) in [5.74, 6) is -2.50. The first kappa shape index (κ1) is 13.1. The Kier molecular flexibility index (Phi) is 3.23. The SMILES string of the molecule is COc1c(O)c(C2(C(=O)O)CCC2)cc(Br)c1F. The van der Waals surface area contributed by atoms with Crippen molar-refractivity contribution in [3.05, 3.63) is 21.9 Å². The fourth-order valence-electron chi connectivity index (χ4n) is 2.27. The van der Waals surface area contributed by atoms with Crippen molar-refractivity contribution in [1.82, 2.24) is 0 Å². The number of phenols is 1. The third-order valence-electron chi connectivity index (χ3n) is 3.49. The summed E-state index contributed by atoms with van der Waals surface area (Å²) in [6, 6.07) is 1.32. The van der Waals surface area contributed by atoms with Crippen LogP contribution >= 0.6 is 15.9 Å². The number of benzene rings is 1. The molecule has 0 heterocycles. The number of carbonyl (C=O) groups is 1. The quantitative estimate of drug-likeness (QED) is 0.899. The van der Waals surface area contributed by atoms with Crippen LogP contribution in [0.5, 0.6) is 11.5 Å². The molecule has 98 valence electrons. The Balaban J connectivity index is 2.65. The maximum Gasteiger partial charge on any atom is 0.314 e. The molecule has 0 aliphatic heterocycles. The smallest absolute Gasteiger partial charge is 0.314 e. The third kappa shape index (κ3) is 1.67. The van der Waals surface area contributed by atoms with Gasteiger partial charge in [0.1, 0.15) is 0 Å². The zero-order valence-electron chi connectivity index (χ0n) is 9.67. The first-order valence-corrected chi connectivity index (χ1v) is 6.22. The Morgan fingerprint density at radius 3 is 2.56 bits per heavy atom. The summed E-state index contributed by atoms with van der Waals surface area (Å²) >= 11 is 3.01. The summed E-state index contributed by atoms with van der Waals surface area (Å²) in [6.45, 7) is 0. The van der Waals surface area contributed by atoms with E-state index in [0.29, 0.717) is 12.8 Å². The van der Waals surface area contributed by atoms with Crippen molar-refractivity contribution in [2.75, 3.05) is 7.11 Å². The molecule has 1 saturated carbocycles. The molecule has 0 spiro atoms. The standard InChI is InChI=1S/C12H12BrFO4/c1-18-10-8(14)7(13)5-6(9(10)15)12(11(16)17)3-2-4-12/h5,15H,2-4H2,1H3,(H,16,17). The molecule has 18 heavy (non-hydrogen) atoms. The normalized spacial score (nSPS) is 17.1. The van der Waals surface area contributed by atoms with Gasteiger partial charge in [0.2, 0.25) is 0 Å². The van der Waals surface area contributed by atoms with E-state index in [1.165, 1.54) is 13.2 Å². The molecular weight excluding hydrogens is 307 g/mol. The Morgan fingerprint density at radius 2 is 2.17 bits per heavy atom. The van der Waals surface area contributed by atoms with Crippen molar-refractivity contribution < 1.29 is 24.1 Å². The highest BCUT2D eigenvalue weighted by atomic mass is 79.9. The molecule has 2 rings (SSSR count). The van der Waals surface area contributed by atoms with Crippen molar-refractivity contribution in [2.45, 2.75) is 24.7 Å². The zero-order valence-corrected chi connectivity index (χ0v) is 11.3. The molecule has 1 fully saturated rings. The fourth-order valence-corrected chi connectivity index (χ4v) is 2.68. The molecule has 2 N–H and O–H groups in total. The van der Waals surface area contributed by atoms with Crippen LogP contribution < -0.4 is 4.74 Å². The van der Waals surface area contributed by atoms with E-state index in [1.807, 2.05) is 0 Å². The number of halogens is 2. The van der Waals surface area contributed by atoms with E-state index in [1.54, 1.807) is 0 Å². The van der Waals surface area contributed by atoms with Gasteiger partial charge in [0, 0.05) is 5.56 Å². The van der Waals surface area contributed by atoms with Crippen molar-refractivity contribution >= 4 is 21.9 Å². The lowest BCUT2D eigenvalue weighted by atomic mass is 9.64. The van der Waals surface area contributed by atoms with Gasteiger partial charge in [0.25, 0.3) is 0 Å². The lowest BCUT2D eigenvalue weighted by Gasteiger charge is -2.38. The van der Waals surface area contributed by atoms with E-state index < -0.39 is 23.0 Å². The Morgan fingerprint density at radius 1 is 1.56 bits per heavy atom. The Bertz CT molecular complexity index is 511. The molecule has 0 saturated heterocycles. The van der Waals surface area contributed by atoms with Crippen molar-refractivity contribution in [3.63, 3.8) is 0 Å². The van der Waals surface area contributed by atoms with Gasteiger partial charge in [-0.2, -0.15) is 0 Å². The van der Waals surface area contributed by atoms with Gasteiger partial charge in [0.15, 0.2) is 17.3 Å². The summed E-state index contributed by atoms with van der Waals surface area (Å²) in [6.07, 6.45) is 1.62. The summed E-state index contributed by atoms with van der Waals surface area (Å²) in [5.41, 5.74) is -0.931. The second kappa shape index (κ2) is 4.42. The van der Waals surface area contributed by atoms with Crippen LogP contribution in [0.4, 0.5) is 4.39 Å². The van der Waals surface area contributed by atoms with Gasteiger partial charge < -0.3 is 14.9 Å².